The number of benzene rings is 1. The van der Waals surface area contributed by atoms with Gasteiger partial charge in [-0.3, -0.25) is 4.21 Å². The summed E-state index contributed by atoms with van der Waals surface area (Å²) in [5.41, 5.74) is 2.41. The summed E-state index contributed by atoms with van der Waals surface area (Å²) in [7, 11) is -0.822. The van der Waals surface area contributed by atoms with Crippen LogP contribution in [-0.2, 0) is 10.8 Å². The van der Waals surface area contributed by atoms with Crippen LogP contribution in [0.4, 0.5) is 0 Å². The molecule has 2 nitrogen and oxygen atoms in total. The van der Waals surface area contributed by atoms with E-state index in [9.17, 15) is 4.21 Å². The van der Waals surface area contributed by atoms with E-state index in [2.05, 4.69) is 32.0 Å². The van der Waals surface area contributed by atoms with Gasteiger partial charge in [0, 0.05) is 21.3 Å². The predicted molar refractivity (Wildman–Crippen MR) is 90.6 cm³/mol. The third-order valence-electron chi connectivity index (χ3n) is 4.04. The van der Waals surface area contributed by atoms with E-state index in [4.69, 9.17) is 4.74 Å². The Bertz CT molecular complexity index is 512. The van der Waals surface area contributed by atoms with Gasteiger partial charge in [0.05, 0.1) is 6.61 Å². The van der Waals surface area contributed by atoms with Crippen molar-refractivity contribution in [3.8, 4) is 5.75 Å². The fourth-order valence-electron chi connectivity index (χ4n) is 2.14. The Kier molecular flexibility index (Phi) is 5.13. The standard InChI is InChI=1S/C18H28O2S/c1-13-6-9-16(10-17(13)20-11-15-7-8-15)14(2)12-21(19)18(3,4)5/h6,9-10,14-15H,7-8,11-12H2,1-5H3/t14-,21-/m1/s1. The van der Waals surface area contributed by atoms with Crippen LogP contribution in [0.25, 0.3) is 0 Å². The molecule has 0 amide bonds. The number of hydrogen-bond acceptors (Lipinski definition) is 2. The highest BCUT2D eigenvalue weighted by Gasteiger charge is 2.24. The molecule has 1 saturated carbocycles. The first-order valence-electron chi connectivity index (χ1n) is 7.89. The highest BCUT2D eigenvalue weighted by molar-refractivity contribution is 7.86. The van der Waals surface area contributed by atoms with Gasteiger partial charge >= 0.3 is 0 Å². The van der Waals surface area contributed by atoms with Crippen molar-refractivity contribution in [2.45, 2.75) is 58.1 Å². The maximum Gasteiger partial charge on any atom is 0.122 e. The van der Waals surface area contributed by atoms with Crippen molar-refractivity contribution in [2.75, 3.05) is 12.4 Å². The Balaban J connectivity index is 2.04. The minimum atomic E-state index is -0.822. The summed E-state index contributed by atoms with van der Waals surface area (Å²) < 4.78 is 18.1. The van der Waals surface area contributed by atoms with Crippen LogP contribution in [0.3, 0.4) is 0 Å². The minimum Gasteiger partial charge on any atom is -0.493 e. The number of aryl methyl sites for hydroxylation is 1. The van der Waals surface area contributed by atoms with E-state index in [0.29, 0.717) is 5.75 Å². The normalized spacial score (nSPS) is 18.3. The molecule has 0 spiro atoms. The van der Waals surface area contributed by atoms with Gasteiger partial charge in [0.2, 0.25) is 0 Å². The monoisotopic (exact) mass is 308 g/mol. The zero-order chi connectivity index (χ0) is 15.6. The first-order chi connectivity index (χ1) is 9.77. The molecule has 0 heterocycles. The van der Waals surface area contributed by atoms with Gasteiger partial charge in [-0.05, 0) is 69.6 Å². The summed E-state index contributed by atoms with van der Waals surface area (Å²) in [6.07, 6.45) is 2.61. The van der Waals surface area contributed by atoms with Crippen LogP contribution in [0.15, 0.2) is 18.2 Å². The van der Waals surface area contributed by atoms with Crippen molar-refractivity contribution in [1.29, 1.82) is 0 Å². The van der Waals surface area contributed by atoms with Gasteiger partial charge in [0.15, 0.2) is 0 Å². The molecule has 1 aliphatic rings. The van der Waals surface area contributed by atoms with Gasteiger partial charge in [0.1, 0.15) is 5.75 Å². The molecule has 0 unspecified atom stereocenters. The second kappa shape index (κ2) is 6.51. The Morgan fingerprint density at radius 2 is 2.00 bits per heavy atom. The van der Waals surface area contributed by atoms with Crippen LogP contribution in [0.5, 0.6) is 5.75 Å². The molecule has 0 aromatic heterocycles. The molecule has 0 saturated heterocycles. The lowest BCUT2D eigenvalue weighted by Crippen LogP contribution is -2.26. The van der Waals surface area contributed by atoms with Crippen LogP contribution in [0.1, 0.15) is 57.6 Å². The highest BCUT2D eigenvalue weighted by atomic mass is 32.2. The van der Waals surface area contributed by atoms with Crippen molar-refractivity contribution < 1.29 is 8.95 Å². The van der Waals surface area contributed by atoms with Crippen molar-refractivity contribution in [2.24, 2.45) is 5.92 Å². The van der Waals surface area contributed by atoms with E-state index in [1.54, 1.807) is 0 Å². The Morgan fingerprint density at radius 3 is 2.57 bits per heavy atom. The van der Waals surface area contributed by atoms with Crippen LogP contribution in [0.2, 0.25) is 0 Å². The second-order valence-electron chi connectivity index (χ2n) is 7.30. The fraction of sp³-hybridized carbons (Fsp3) is 0.667. The third kappa shape index (κ3) is 4.84. The summed E-state index contributed by atoms with van der Waals surface area (Å²) in [4.78, 5) is 0. The van der Waals surface area contributed by atoms with Crippen LogP contribution in [0, 0.1) is 12.8 Å². The van der Waals surface area contributed by atoms with E-state index in [-0.39, 0.29) is 10.7 Å². The van der Waals surface area contributed by atoms with Gasteiger partial charge in [-0.2, -0.15) is 0 Å². The predicted octanol–water partition coefficient (Wildman–Crippen LogP) is 4.43. The van der Waals surface area contributed by atoms with E-state index in [1.165, 1.54) is 24.0 Å². The smallest absolute Gasteiger partial charge is 0.122 e. The fourth-order valence-corrected chi connectivity index (χ4v) is 3.29. The maximum atomic E-state index is 12.3. The zero-order valence-electron chi connectivity index (χ0n) is 13.9. The SMILES string of the molecule is Cc1ccc([C@H](C)C[S@@](=O)C(C)(C)C)cc1OCC1CC1. The molecule has 0 N–H and O–H groups in total. The minimum absolute atomic E-state index is 0.149. The molecule has 1 aromatic carbocycles. The average Bonchev–Trinajstić information content (AvgIpc) is 3.20. The van der Waals surface area contributed by atoms with Gasteiger partial charge in [-0.1, -0.05) is 19.1 Å². The van der Waals surface area contributed by atoms with Gasteiger partial charge in [0.25, 0.3) is 0 Å². The zero-order valence-corrected chi connectivity index (χ0v) is 14.8. The number of rotatable bonds is 6. The van der Waals surface area contributed by atoms with Crippen LogP contribution < -0.4 is 4.74 Å². The molecular formula is C18H28O2S. The van der Waals surface area contributed by atoms with E-state index < -0.39 is 10.8 Å². The molecule has 2 rings (SSSR count). The van der Waals surface area contributed by atoms with Crippen molar-refractivity contribution in [1.82, 2.24) is 0 Å². The molecule has 2 atom stereocenters. The molecule has 3 heteroatoms. The van der Waals surface area contributed by atoms with E-state index >= 15 is 0 Å². The average molecular weight is 308 g/mol. The third-order valence-corrected chi connectivity index (χ3v) is 6.21. The lowest BCUT2D eigenvalue weighted by atomic mass is 10.0. The molecule has 1 aromatic rings. The first kappa shape index (κ1) is 16.5. The molecule has 118 valence electrons. The summed E-state index contributed by atoms with van der Waals surface area (Å²) in [6, 6.07) is 6.40. The van der Waals surface area contributed by atoms with Crippen LogP contribution >= 0.6 is 0 Å². The van der Waals surface area contributed by atoms with Crippen molar-refractivity contribution in [3.05, 3.63) is 29.3 Å². The summed E-state index contributed by atoms with van der Waals surface area (Å²) >= 11 is 0. The maximum absolute atomic E-state index is 12.3. The van der Waals surface area contributed by atoms with Gasteiger partial charge in [-0.25, -0.2) is 0 Å². The first-order valence-corrected chi connectivity index (χ1v) is 9.21. The molecule has 0 radical (unpaired) electrons. The molecule has 1 fully saturated rings. The summed E-state index contributed by atoms with van der Waals surface area (Å²) in [5.74, 6) is 2.75. The lowest BCUT2D eigenvalue weighted by molar-refractivity contribution is 0.297. The second-order valence-corrected chi connectivity index (χ2v) is 9.55. The van der Waals surface area contributed by atoms with Gasteiger partial charge < -0.3 is 4.74 Å². The highest BCUT2D eigenvalue weighted by Crippen LogP contribution is 2.31. The lowest BCUT2D eigenvalue weighted by Gasteiger charge is -2.21. The van der Waals surface area contributed by atoms with Crippen molar-refractivity contribution >= 4 is 10.8 Å². The number of hydrogen-bond donors (Lipinski definition) is 0. The van der Waals surface area contributed by atoms with Crippen molar-refractivity contribution in [3.63, 3.8) is 0 Å². The quantitative estimate of drug-likeness (QED) is 0.777. The van der Waals surface area contributed by atoms with Gasteiger partial charge in [-0.15, -0.1) is 0 Å². The van der Waals surface area contributed by atoms with Crippen LogP contribution in [-0.4, -0.2) is 21.3 Å². The Labute approximate surface area is 131 Å². The Morgan fingerprint density at radius 1 is 1.33 bits per heavy atom. The molecule has 0 bridgehead atoms. The molecular weight excluding hydrogens is 280 g/mol. The molecule has 1 aliphatic carbocycles. The number of ether oxygens (including phenoxy) is 1. The topological polar surface area (TPSA) is 26.3 Å². The van der Waals surface area contributed by atoms with E-state index in [0.717, 1.165) is 18.3 Å². The largest absolute Gasteiger partial charge is 0.493 e. The molecule has 21 heavy (non-hydrogen) atoms. The summed E-state index contributed by atoms with van der Waals surface area (Å²) in [5, 5.41) is 0. The van der Waals surface area contributed by atoms with E-state index in [1.807, 2.05) is 20.8 Å². The Hall–Kier alpha value is -0.830. The molecule has 0 aliphatic heterocycles. The summed E-state index contributed by atoms with van der Waals surface area (Å²) in [6.45, 7) is 11.2.